The van der Waals surface area contributed by atoms with Crippen molar-refractivity contribution in [2.45, 2.75) is 43.3 Å². The molecule has 3 atom stereocenters. The fourth-order valence-corrected chi connectivity index (χ4v) is 6.43. The van der Waals surface area contributed by atoms with Gasteiger partial charge >= 0.3 is 6.01 Å². The number of pyridine rings is 1. The van der Waals surface area contributed by atoms with E-state index in [-0.39, 0.29) is 50.0 Å². The van der Waals surface area contributed by atoms with Crippen LogP contribution >= 0.6 is 11.3 Å². The second-order valence-corrected chi connectivity index (χ2v) is 10.9. The van der Waals surface area contributed by atoms with Crippen molar-refractivity contribution in [3.63, 3.8) is 0 Å². The molecule has 5 heterocycles. The quantitative estimate of drug-likeness (QED) is 0.414. The lowest BCUT2D eigenvalue weighted by molar-refractivity contribution is 0.100. The van der Waals surface area contributed by atoms with Gasteiger partial charge in [-0.15, -0.1) is 0 Å². The number of thiazole rings is 1. The molecule has 1 saturated carbocycles. The van der Waals surface area contributed by atoms with Crippen LogP contribution in [0.3, 0.4) is 0 Å². The van der Waals surface area contributed by atoms with E-state index in [0.29, 0.717) is 24.5 Å². The molecule has 2 aliphatic heterocycles. The zero-order chi connectivity index (χ0) is 25.6. The monoisotopic (exact) mass is 529 g/mol. The Balaban J connectivity index is 1.52. The highest BCUT2D eigenvalue weighted by Crippen LogP contribution is 2.53. The molecule has 3 unspecified atom stereocenters. The number of methoxy groups -OCH3 is 1. The van der Waals surface area contributed by atoms with Crippen molar-refractivity contribution >= 4 is 43.4 Å². The van der Waals surface area contributed by atoms with E-state index in [0.717, 1.165) is 28.7 Å². The molecule has 3 N–H and O–H groups in total. The highest BCUT2D eigenvalue weighted by atomic mass is 32.1. The molecule has 7 rings (SSSR count). The van der Waals surface area contributed by atoms with Crippen LogP contribution in [0.5, 0.6) is 6.01 Å². The maximum atomic E-state index is 14.5. The zero-order valence-electron chi connectivity index (χ0n) is 19.7. The second kappa shape index (κ2) is 7.78. The van der Waals surface area contributed by atoms with E-state index in [1.54, 1.807) is 6.07 Å². The van der Waals surface area contributed by atoms with Crippen LogP contribution in [0, 0.1) is 5.82 Å². The molecular formula is C24H22F3N7O2S. The number of alkyl halides is 2. The predicted molar refractivity (Wildman–Crippen MR) is 134 cm³/mol. The normalized spacial score (nSPS) is 24.2. The number of nitrogen functional groups attached to an aromatic ring is 1. The fourth-order valence-electron chi connectivity index (χ4n) is 5.67. The zero-order valence-corrected chi connectivity index (χ0v) is 20.5. The van der Waals surface area contributed by atoms with Crippen molar-refractivity contribution in [3.8, 4) is 17.3 Å². The minimum Gasteiger partial charge on any atom is -0.467 e. The molecule has 4 aromatic rings. The highest BCUT2D eigenvalue weighted by molar-refractivity contribution is 7.22. The molecule has 1 aliphatic carbocycles. The summed E-state index contributed by atoms with van der Waals surface area (Å²) in [6, 6.07) is 3.46. The van der Waals surface area contributed by atoms with Gasteiger partial charge in [0.15, 0.2) is 5.13 Å². The van der Waals surface area contributed by atoms with Crippen LogP contribution in [0.2, 0.25) is 0 Å². The Bertz CT molecular complexity index is 1640. The number of piperazine rings is 1. The number of hydrogen-bond donors (Lipinski definition) is 2. The second-order valence-electron chi connectivity index (χ2n) is 9.85. The molecule has 3 aromatic heterocycles. The van der Waals surface area contributed by atoms with E-state index in [4.69, 9.17) is 10.5 Å². The minimum atomic E-state index is -3.05. The van der Waals surface area contributed by atoms with Gasteiger partial charge in [0.2, 0.25) is 0 Å². The van der Waals surface area contributed by atoms with Crippen LogP contribution in [0.15, 0.2) is 23.0 Å². The lowest BCUT2D eigenvalue weighted by atomic mass is 10.1. The molecular weight excluding hydrogens is 507 g/mol. The van der Waals surface area contributed by atoms with Gasteiger partial charge in [-0.2, -0.15) is 9.97 Å². The summed E-state index contributed by atoms with van der Waals surface area (Å²) in [5.41, 5.74) is 6.18. The number of fused-ring (bicyclic) bond motifs is 4. The van der Waals surface area contributed by atoms with Crippen LogP contribution in [0.4, 0.5) is 24.1 Å². The standard InChI is InChI=1S/C24H22F3N7O2S/c1-36-23-30-14-6-15(12-4-5-13(25)19-18(12)31-22(28)37-19)34(16-7-24(16,26)27)21(35)17(14)20(32-23)33-8-10-2-3-11(9-33)29-10/h4-6,10-11,16,29H,2-3,7-9H2,1H3,(H2,28,31). The van der Waals surface area contributed by atoms with Crippen molar-refractivity contribution in [2.24, 2.45) is 0 Å². The van der Waals surface area contributed by atoms with Crippen LogP contribution in [0.1, 0.15) is 25.3 Å². The first-order chi connectivity index (χ1) is 17.7. The maximum Gasteiger partial charge on any atom is 0.318 e. The van der Waals surface area contributed by atoms with E-state index < -0.39 is 29.8 Å². The van der Waals surface area contributed by atoms with Crippen LogP contribution in [-0.4, -0.2) is 57.7 Å². The summed E-state index contributed by atoms with van der Waals surface area (Å²) in [6.45, 7) is 1.26. The summed E-state index contributed by atoms with van der Waals surface area (Å²) in [4.78, 5) is 29.3. The molecule has 1 aromatic carbocycles. The Morgan fingerprint density at radius 3 is 2.59 bits per heavy atom. The Morgan fingerprint density at radius 2 is 1.92 bits per heavy atom. The Hall–Kier alpha value is -3.45. The van der Waals surface area contributed by atoms with E-state index in [1.807, 2.05) is 4.90 Å². The number of benzene rings is 1. The molecule has 2 saturated heterocycles. The van der Waals surface area contributed by atoms with Gasteiger partial charge in [0.1, 0.15) is 23.1 Å². The van der Waals surface area contributed by atoms with Crippen molar-refractivity contribution in [1.29, 1.82) is 0 Å². The van der Waals surface area contributed by atoms with Gasteiger partial charge in [0, 0.05) is 37.2 Å². The van der Waals surface area contributed by atoms with Gasteiger partial charge in [0.25, 0.3) is 11.5 Å². The number of hydrogen-bond acceptors (Lipinski definition) is 9. The summed E-state index contributed by atoms with van der Waals surface area (Å²) < 4.78 is 50.2. The third-order valence-corrected chi connectivity index (χ3v) is 8.35. The molecule has 0 spiro atoms. The molecule has 0 amide bonds. The number of aromatic nitrogens is 4. The minimum absolute atomic E-state index is 0.0652. The maximum absolute atomic E-state index is 14.5. The number of nitrogens with zero attached hydrogens (tertiary/aromatic N) is 5. The van der Waals surface area contributed by atoms with E-state index in [2.05, 4.69) is 20.3 Å². The van der Waals surface area contributed by atoms with Crippen LogP contribution < -0.4 is 26.2 Å². The lowest BCUT2D eigenvalue weighted by Crippen LogP contribution is -2.51. The number of nitrogens with two attached hydrogens (primary N) is 1. The van der Waals surface area contributed by atoms with Gasteiger partial charge in [-0.25, -0.2) is 18.2 Å². The summed E-state index contributed by atoms with van der Waals surface area (Å²) in [6.07, 6.45) is 1.56. The third kappa shape index (κ3) is 3.47. The molecule has 3 fully saturated rings. The first-order valence-electron chi connectivity index (χ1n) is 12.0. The van der Waals surface area contributed by atoms with Gasteiger partial charge in [-0.05, 0) is 31.0 Å². The molecule has 13 heteroatoms. The molecule has 37 heavy (non-hydrogen) atoms. The van der Waals surface area contributed by atoms with E-state index >= 15 is 0 Å². The van der Waals surface area contributed by atoms with Crippen molar-refractivity contribution in [2.75, 3.05) is 30.8 Å². The molecule has 2 bridgehead atoms. The smallest absolute Gasteiger partial charge is 0.318 e. The third-order valence-electron chi connectivity index (χ3n) is 7.45. The fraction of sp³-hybridized carbons (Fsp3) is 0.417. The molecule has 192 valence electrons. The van der Waals surface area contributed by atoms with Gasteiger partial charge in [-0.3, -0.25) is 9.36 Å². The number of nitrogens with one attached hydrogen (secondary N) is 1. The topological polar surface area (TPSA) is 111 Å². The largest absolute Gasteiger partial charge is 0.467 e. The van der Waals surface area contributed by atoms with Crippen molar-refractivity contribution in [3.05, 3.63) is 34.4 Å². The average Bonchev–Trinajstić information content (AvgIpc) is 3.14. The molecule has 0 radical (unpaired) electrons. The van der Waals surface area contributed by atoms with Gasteiger partial charge in [-0.1, -0.05) is 11.3 Å². The lowest BCUT2D eigenvalue weighted by Gasteiger charge is -2.34. The number of halogens is 3. The SMILES string of the molecule is COc1nc(N2CC3CCC(C2)N3)c2c(=O)n(C3CC3(F)F)c(-c3ccc(F)c4sc(N)nc34)cc2n1. The first kappa shape index (κ1) is 22.7. The molecule has 3 aliphatic rings. The summed E-state index contributed by atoms with van der Waals surface area (Å²) >= 11 is 0.957. The number of ether oxygens (including phenoxy) is 1. The number of anilines is 2. The first-order valence-corrected chi connectivity index (χ1v) is 12.8. The highest BCUT2D eigenvalue weighted by Gasteiger charge is 2.59. The van der Waals surface area contributed by atoms with Crippen molar-refractivity contribution in [1.82, 2.24) is 24.8 Å². The predicted octanol–water partition coefficient (Wildman–Crippen LogP) is 3.32. The summed E-state index contributed by atoms with van der Waals surface area (Å²) in [5, 5.41) is 3.83. The van der Waals surface area contributed by atoms with Gasteiger partial charge < -0.3 is 20.7 Å². The van der Waals surface area contributed by atoms with E-state index in [9.17, 15) is 18.0 Å². The Labute approximate surface area is 212 Å². The molecule has 9 nitrogen and oxygen atoms in total. The van der Waals surface area contributed by atoms with Crippen molar-refractivity contribution < 1.29 is 17.9 Å². The Morgan fingerprint density at radius 1 is 1.19 bits per heavy atom. The Kier molecular flexibility index (Phi) is 4.78. The number of rotatable bonds is 4. The van der Waals surface area contributed by atoms with Crippen LogP contribution in [0.25, 0.3) is 32.4 Å². The average molecular weight is 530 g/mol. The van der Waals surface area contributed by atoms with Crippen LogP contribution in [-0.2, 0) is 0 Å². The summed E-state index contributed by atoms with van der Waals surface area (Å²) in [7, 11) is 1.43. The summed E-state index contributed by atoms with van der Waals surface area (Å²) in [5.74, 6) is -3.20. The van der Waals surface area contributed by atoms with Gasteiger partial charge in [0.05, 0.1) is 28.5 Å². The van der Waals surface area contributed by atoms with E-state index in [1.165, 1.54) is 19.2 Å².